The molecule has 0 saturated carbocycles. The van der Waals surface area contributed by atoms with Crippen LogP contribution in [0.25, 0.3) is 0 Å². The maximum Gasteiger partial charge on any atom is 0.235 e. The van der Waals surface area contributed by atoms with Gasteiger partial charge in [-0.25, -0.2) is 9.97 Å². The molecular weight excluding hydrogens is 234 g/mol. The number of carbonyl (C=O) groups is 2. The van der Waals surface area contributed by atoms with E-state index in [0.717, 1.165) is 0 Å². The zero-order valence-electron chi connectivity index (χ0n) is 8.67. The third-order valence-electron chi connectivity index (χ3n) is 1.46. The van der Waals surface area contributed by atoms with Crippen molar-refractivity contribution in [2.24, 2.45) is 0 Å². The number of halogens is 1. The van der Waals surface area contributed by atoms with Crippen LogP contribution in [0.3, 0.4) is 0 Å². The Morgan fingerprint density at radius 2 is 1.94 bits per heavy atom. The molecule has 16 heavy (non-hydrogen) atoms. The number of rotatable bonds is 3. The smallest absolute Gasteiger partial charge is 0.235 e. The number of aromatic nitrogens is 2. The van der Waals surface area contributed by atoms with Crippen molar-refractivity contribution in [1.29, 1.82) is 0 Å². The Hall–Kier alpha value is -1.89. The van der Waals surface area contributed by atoms with E-state index in [1.165, 1.54) is 20.2 Å². The summed E-state index contributed by atoms with van der Waals surface area (Å²) < 4.78 is 0. The van der Waals surface area contributed by atoms with E-state index in [0.29, 0.717) is 0 Å². The topological polar surface area (TPSA) is 96.0 Å². The third kappa shape index (κ3) is 3.35. The number of hydrogen-bond acceptors (Lipinski definition) is 5. The van der Waals surface area contributed by atoms with E-state index < -0.39 is 0 Å². The maximum absolute atomic E-state index is 10.9. The average molecular weight is 244 g/mol. The van der Waals surface area contributed by atoms with Crippen LogP contribution in [0, 0.1) is 0 Å². The van der Waals surface area contributed by atoms with Gasteiger partial charge < -0.3 is 5.32 Å². The zero-order valence-corrected chi connectivity index (χ0v) is 9.42. The number of amides is 2. The van der Waals surface area contributed by atoms with Crippen LogP contribution < -0.4 is 16.2 Å². The molecule has 0 atom stereocenters. The number of nitrogens with one attached hydrogen (secondary N) is 3. The Labute approximate surface area is 96.6 Å². The predicted molar refractivity (Wildman–Crippen MR) is 58.8 cm³/mol. The van der Waals surface area contributed by atoms with Gasteiger partial charge in [0.05, 0.1) is 0 Å². The molecule has 8 heteroatoms. The molecule has 1 aromatic rings. The van der Waals surface area contributed by atoms with Crippen LogP contribution in [0.15, 0.2) is 6.33 Å². The molecule has 0 aliphatic rings. The van der Waals surface area contributed by atoms with Gasteiger partial charge in [0, 0.05) is 13.8 Å². The number of hydrogen-bond donors (Lipinski definition) is 3. The summed E-state index contributed by atoms with van der Waals surface area (Å²) in [6.45, 7) is 2.65. The molecule has 0 unspecified atom stereocenters. The van der Waals surface area contributed by atoms with Crippen LogP contribution in [-0.4, -0.2) is 21.8 Å². The second kappa shape index (κ2) is 5.26. The van der Waals surface area contributed by atoms with Gasteiger partial charge in [0.2, 0.25) is 11.8 Å². The fourth-order valence-corrected chi connectivity index (χ4v) is 1.07. The van der Waals surface area contributed by atoms with Crippen molar-refractivity contribution < 1.29 is 9.59 Å². The molecule has 0 radical (unpaired) electrons. The molecular formula is C8H10ClN5O2. The van der Waals surface area contributed by atoms with E-state index in [9.17, 15) is 9.59 Å². The maximum atomic E-state index is 10.9. The minimum absolute atomic E-state index is 0.0815. The van der Waals surface area contributed by atoms with Crippen molar-refractivity contribution in [3.8, 4) is 0 Å². The van der Waals surface area contributed by atoms with Gasteiger partial charge in [0.25, 0.3) is 0 Å². The Morgan fingerprint density at radius 3 is 2.50 bits per heavy atom. The SMILES string of the molecule is CC(=O)NNc1ncnc(Cl)c1NC(C)=O. The highest BCUT2D eigenvalue weighted by atomic mass is 35.5. The highest BCUT2D eigenvalue weighted by Crippen LogP contribution is 2.25. The zero-order chi connectivity index (χ0) is 12.1. The molecule has 2 amide bonds. The second-order valence-corrected chi connectivity index (χ2v) is 3.23. The van der Waals surface area contributed by atoms with E-state index in [1.54, 1.807) is 0 Å². The van der Waals surface area contributed by atoms with Gasteiger partial charge in [-0.15, -0.1) is 0 Å². The standard InChI is InChI=1S/C8H10ClN5O2/c1-4(15)12-6-7(9)10-3-11-8(6)14-13-5(2)16/h3H,1-2H3,(H,12,15)(H,13,16)(H,10,11,14). The molecule has 1 rings (SSSR count). The fourth-order valence-electron chi connectivity index (χ4n) is 0.893. The molecule has 0 spiro atoms. The molecule has 0 fully saturated rings. The van der Waals surface area contributed by atoms with E-state index in [2.05, 4.69) is 26.1 Å². The average Bonchev–Trinajstić information content (AvgIpc) is 2.18. The first-order valence-electron chi connectivity index (χ1n) is 4.31. The lowest BCUT2D eigenvalue weighted by Gasteiger charge is -2.11. The Morgan fingerprint density at radius 1 is 1.25 bits per heavy atom. The van der Waals surface area contributed by atoms with Crippen LogP contribution in [-0.2, 0) is 9.59 Å². The van der Waals surface area contributed by atoms with Gasteiger partial charge in [-0.3, -0.25) is 20.4 Å². The summed E-state index contributed by atoms with van der Waals surface area (Å²) in [5.41, 5.74) is 5.04. The lowest BCUT2D eigenvalue weighted by Crippen LogP contribution is -2.28. The Bertz CT molecular complexity index is 423. The third-order valence-corrected chi connectivity index (χ3v) is 1.75. The lowest BCUT2D eigenvalue weighted by molar-refractivity contribution is -0.118. The van der Waals surface area contributed by atoms with Crippen molar-refractivity contribution in [3.05, 3.63) is 11.5 Å². The number of nitrogens with zero attached hydrogens (tertiary/aromatic N) is 2. The van der Waals surface area contributed by atoms with Crippen molar-refractivity contribution in [2.45, 2.75) is 13.8 Å². The Kier molecular flexibility index (Phi) is 4.01. The Balaban J connectivity index is 2.93. The molecule has 86 valence electrons. The molecule has 0 saturated heterocycles. The summed E-state index contributed by atoms with van der Waals surface area (Å²) in [5.74, 6) is -0.406. The summed E-state index contributed by atoms with van der Waals surface area (Å²) in [6, 6.07) is 0. The summed E-state index contributed by atoms with van der Waals surface area (Å²) in [5, 5.41) is 2.54. The van der Waals surface area contributed by atoms with Crippen LogP contribution in [0.1, 0.15) is 13.8 Å². The van der Waals surface area contributed by atoms with Crippen LogP contribution >= 0.6 is 11.6 Å². The minimum atomic E-state index is -0.317. The van der Waals surface area contributed by atoms with Crippen LogP contribution in [0.5, 0.6) is 0 Å². The fraction of sp³-hybridized carbons (Fsp3) is 0.250. The number of hydrazine groups is 1. The minimum Gasteiger partial charge on any atom is -0.321 e. The first-order valence-corrected chi connectivity index (χ1v) is 4.69. The monoisotopic (exact) mass is 243 g/mol. The molecule has 0 bridgehead atoms. The van der Waals surface area contributed by atoms with Gasteiger partial charge in [0.15, 0.2) is 11.0 Å². The highest BCUT2D eigenvalue weighted by molar-refractivity contribution is 6.33. The summed E-state index contributed by atoms with van der Waals surface area (Å²) in [7, 11) is 0. The first kappa shape index (κ1) is 12.2. The quantitative estimate of drug-likeness (QED) is 0.532. The van der Waals surface area contributed by atoms with Gasteiger partial charge in [-0.2, -0.15) is 0 Å². The van der Waals surface area contributed by atoms with Gasteiger partial charge in [0.1, 0.15) is 12.0 Å². The first-order chi connectivity index (χ1) is 7.50. The lowest BCUT2D eigenvalue weighted by atomic mass is 10.4. The van der Waals surface area contributed by atoms with Crippen molar-refractivity contribution >= 4 is 34.9 Å². The number of anilines is 2. The van der Waals surface area contributed by atoms with Gasteiger partial charge in [-0.1, -0.05) is 11.6 Å². The van der Waals surface area contributed by atoms with E-state index in [-0.39, 0.29) is 28.5 Å². The highest BCUT2D eigenvalue weighted by Gasteiger charge is 2.11. The molecule has 7 nitrogen and oxygen atoms in total. The predicted octanol–water partition coefficient (Wildman–Crippen LogP) is 0.551. The molecule has 1 heterocycles. The van der Waals surface area contributed by atoms with Gasteiger partial charge in [-0.05, 0) is 0 Å². The van der Waals surface area contributed by atoms with Crippen molar-refractivity contribution in [1.82, 2.24) is 15.4 Å². The number of carbonyl (C=O) groups excluding carboxylic acids is 2. The van der Waals surface area contributed by atoms with Gasteiger partial charge >= 0.3 is 0 Å². The van der Waals surface area contributed by atoms with Crippen LogP contribution in [0.2, 0.25) is 5.15 Å². The molecule has 0 aliphatic heterocycles. The summed E-state index contributed by atoms with van der Waals surface area (Å²) in [6.07, 6.45) is 1.21. The normalized spacial score (nSPS) is 9.44. The van der Waals surface area contributed by atoms with E-state index >= 15 is 0 Å². The van der Waals surface area contributed by atoms with E-state index in [1.807, 2.05) is 0 Å². The molecule has 3 N–H and O–H groups in total. The van der Waals surface area contributed by atoms with Crippen LogP contribution in [0.4, 0.5) is 11.5 Å². The summed E-state index contributed by atoms with van der Waals surface area (Å²) in [4.78, 5) is 29.1. The summed E-state index contributed by atoms with van der Waals surface area (Å²) >= 11 is 5.77. The molecule has 0 aliphatic carbocycles. The largest absolute Gasteiger partial charge is 0.321 e. The molecule has 0 aromatic carbocycles. The van der Waals surface area contributed by atoms with Crippen molar-refractivity contribution in [3.63, 3.8) is 0 Å². The second-order valence-electron chi connectivity index (χ2n) is 2.88. The van der Waals surface area contributed by atoms with E-state index in [4.69, 9.17) is 11.6 Å². The molecule has 1 aromatic heterocycles. The van der Waals surface area contributed by atoms with Crippen molar-refractivity contribution in [2.75, 3.05) is 10.7 Å².